The van der Waals surface area contributed by atoms with Gasteiger partial charge in [-0.3, -0.25) is 14.9 Å². The van der Waals surface area contributed by atoms with Crippen molar-refractivity contribution in [2.24, 2.45) is 0 Å². The second-order valence-electron chi connectivity index (χ2n) is 10.2. The lowest BCUT2D eigenvalue weighted by Crippen LogP contribution is -2.54. The van der Waals surface area contributed by atoms with Crippen LogP contribution in [0.15, 0.2) is 90.5 Å². The highest BCUT2D eigenvalue weighted by atomic mass is 35.5. The van der Waals surface area contributed by atoms with Gasteiger partial charge in [0.15, 0.2) is 11.5 Å². The topological polar surface area (TPSA) is 94.2 Å². The van der Waals surface area contributed by atoms with Gasteiger partial charge in [-0.15, -0.1) is 0 Å². The number of hydrogen-bond donors (Lipinski definition) is 1. The summed E-state index contributed by atoms with van der Waals surface area (Å²) in [6, 6.07) is 24.2. The molecule has 224 valence electrons. The fourth-order valence-corrected chi connectivity index (χ4v) is 4.68. The summed E-state index contributed by atoms with van der Waals surface area (Å²) in [5, 5.41) is 2.89. The quantitative estimate of drug-likeness (QED) is 0.151. The van der Waals surface area contributed by atoms with Crippen LogP contribution in [0.5, 0.6) is 17.2 Å². The van der Waals surface area contributed by atoms with E-state index in [9.17, 15) is 14.4 Å². The normalized spacial score (nSPS) is 14.0. The molecule has 1 fully saturated rings. The molecule has 0 spiro atoms. The van der Waals surface area contributed by atoms with Gasteiger partial charge in [-0.25, -0.2) is 9.69 Å². The number of nitrogens with zero attached hydrogens (tertiary/aromatic N) is 1. The zero-order chi connectivity index (χ0) is 31.2. The Kier molecular flexibility index (Phi) is 9.31. The highest BCUT2D eigenvalue weighted by Crippen LogP contribution is 2.31. The Balaban J connectivity index is 1.32. The fraction of sp³-hybridized carbons (Fsp3) is 0.171. The molecule has 9 heteroatoms. The lowest BCUT2D eigenvalue weighted by atomic mass is 10.1. The van der Waals surface area contributed by atoms with Crippen molar-refractivity contribution < 1.29 is 28.6 Å². The van der Waals surface area contributed by atoms with Crippen molar-refractivity contribution in [1.29, 1.82) is 0 Å². The van der Waals surface area contributed by atoms with Gasteiger partial charge >= 0.3 is 6.03 Å². The van der Waals surface area contributed by atoms with E-state index in [0.717, 1.165) is 16.0 Å². The third-order valence-electron chi connectivity index (χ3n) is 7.06. The molecule has 0 aliphatic carbocycles. The molecule has 0 radical (unpaired) electrons. The maximum atomic E-state index is 13.4. The molecule has 1 aliphatic heterocycles. The molecule has 5 rings (SSSR count). The predicted molar refractivity (Wildman–Crippen MR) is 169 cm³/mol. The number of carbonyl (C=O) groups is 3. The Bertz CT molecular complexity index is 1730. The van der Waals surface area contributed by atoms with Crippen molar-refractivity contribution in [1.82, 2.24) is 5.32 Å². The Morgan fingerprint density at radius 2 is 1.45 bits per heavy atom. The van der Waals surface area contributed by atoms with Crippen LogP contribution in [0.3, 0.4) is 0 Å². The minimum absolute atomic E-state index is 0.195. The third kappa shape index (κ3) is 7.10. The number of barbiturate groups is 1. The van der Waals surface area contributed by atoms with Gasteiger partial charge in [-0.2, -0.15) is 0 Å². The van der Waals surface area contributed by atoms with Crippen LogP contribution in [0, 0.1) is 13.8 Å². The molecule has 0 saturated carbocycles. The van der Waals surface area contributed by atoms with E-state index in [1.807, 2.05) is 25.1 Å². The molecule has 0 aromatic heterocycles. The molecule has 4 aromatic carbocycles. The Hall–Kier alpha value is -5.08. The van der Waals surface area contributed by atoms with Crippen molar-refractivity contribution in [2.75, 3.05) is 11.5 Å². The van der Waals surface area contributed by atoms with Crippen molar-refractivity contribution in [2.45, 2.75) is 34.0 Å². The Morgan fingerprint density at radius 3 is 2.16 bits per heavy atom. The van der Waals surface area contributed by atoms with E-state index in [0.29, 0.717) is 47.7 Å². The van der Waals surface area contributed by atoms with E-state index in [2.05, 4.69) is 31.3 Å². The van der Waals surface area contributed by atoms with Crippen LogP contribution in [0.1, 0.15) is 34.7 Å². The molecule has 44 heavy (non-hydrogen) atoms. The minimum atomic E-state index is -0.836. The molecule has 1 heterocycles. The zero-order valence-electron chi connectivity index (χ0n) is 24.6. The highest BCUT2D eigenvalue weighted by Gasteiger charge is 2.36. The number of anilines is 1. The number of carbonyl (C=O) groups excluding carboxylic acids is 3. The smallest absolute Gasteiger partial charge is 0.335 e. The fourth-order valence-electron chi connectivity index (χ4n) is 4.55. The number of nitrogens with one attached hydrogen (secondary N) is 1. The van der Waals surface area contributed by atoms with Crippen LogP contribution < -0.4 is 24.4 Å². The SMILES string of the molecule is CCOc1cc(/C=C2\C(=O)NC(=O)N(c3ccc(OCc4ccc(Cl)cc4)cc3)C2=O)ccc1OCc1ccc(C)c(C)c1. The summed E-state index contributed by atoms with van der Waals surface area (Å²) in [6.07, 6.45) is 1.43. The lowest BCUT2D eigenvalue weighted by molar-refractivity contribution is -0.122. The first-order valence-electron chi connectivity index (χ1n) is 14.1. The standard InChI is InChI=1S/C35H31ClN2O6/c1-4-42-32-19-25(9-16-31(32)44-21-26-6-5-22(2)23(3)17-26)18-30-33(39)37-35(41)38(34(30)40)28-12-14-29(15-13-28)43-20-24-7-10-27(36)11-8-24/h5-19H,4,20-21H2,1-3H3,(H,37,39,41)/b30-18+. The van der Waals surface area contributed by atoms with Crippen molar-refractivity contribution >= 4 is 41.2 Å². The van der Waals surface area contributed by atoms with Gasteiger partial charge < -0.3 is 14.2 Å². The van der Waals surface area contributed by atoms with E-state index < -0.39 is 17.8 Å². The average molecular weight is 611 g/mol. The van der Waals surface area contributed by atoms with Gasteiger partial charge in [0, 0.05) is 5.02 Å². The number of ether oxygens (including phenoxy) is 3. The molecule has 1 saturated heterocycles. The number of amides is 4. The number of halogens is 1. The highest BCUT2D eigenvalue weighted by molar-refractivity contribution is 6.39. The van der Waals surface area contributed by atoms with Crippen molar-refractivity contribution in [3.8, 4) is 17.2 Å². The summed E-state index contributed by atoms with van der Waals surface area (Å²) < 4.78 is 17.6. The summed E-state index contributed by atoms with van der Waals surface area (Å²) in [4.78, 5) is 39.8. The predicted octanol–water partition coefficient (Wildman–Crippen LogP) is 7.18. The van der Waals surface area contributed by atoms with E-state index in [1.165, 1.54) is 17.2 Å². The summed E-state index contributed by atoms with van der Waals surface area (Å²) in [6.45, 7) is 7.03. The van der Waals surface area contributed by atoms with Gasteiger partial charge in [0.2, 0.25) is 0 Å². The van der Waals surface area contributed by atoms with Gasteiger partial charge in [-0.05, 0) is 103 Å². The maximum absolute atomic E-state index is 13.4. The first kappa shape index (κ1) is 30.4. The number of imide groups is 2. The lowest BCUT2D eigenvalue weighted by Gasteiger charge is -2.26. The number of aryl methyl sites for hydroxylation is 2. The van der Waals surface area contributed by atoms with Gasteiger partial charge in [0.25, 0.3) is 11.8 Å². The van der Waals surface area contributed by atoms with E-state index in [4.69, 9.17) is 25.8 Å². The van der Waals surface area contributed by atoms with E-state index in [-0.39, 0.29) is 11.3 Å². The molecule has 0 bridgehead atoms. The van der Waals surface area contributed by atoms with Gasteiger partial charge in [0.05, 0.1) is 12.3 Å². The molecule has 1 N–H and O–H groups in total. The number of hydrogen-bond acceptors (Lipinski definition) is 6. The third-order valence-corrected chi connectivity index (χ3v) is 7.31. The summed E-state index contributed by atoms with van der Waals surface area (Å²) in [5.41, 5.74) is 4.97. The van der Waals surface area contributed by atoms with E-state index >= 15 is 0 Å². The van der Waals surface area contributed by atoms with Crippen LogP contribution in [-0.4, -0.2) is 24.5 Å². The first-order valence-corrected chi connectivity index (χ1v) is 14.4. The maximum Gasteiger partial charge on any atom is 0.335 e. The molecule has 0 unspecified atom stereocenters. The second-order valence-corrected chi connectivity index (χ2v) is 10.6. The van der Waals surface area contributed by atoms with Crippen LogP contribution in [0.4, 0.5) is 10.5 Å². The van der Waals surface area contributed by atoms with Crippen LogP contribution in [0.2, 0.25) is 5.02 Å². The summed E-state index contributed by atoms with van der Waals surface area (Å²) >= 11 is 5.93. The monoisotopic (exact) mass is 610 g/mol. The zero-order valence-corrected chi connectivity index (χ0v) is 25.3. The molecule has 0 atom stereocenters. The molecular weight excluding hydrogens is 580 g/mol. The molecule has 1 aliphatic rings. The number of rotatable bonds is 10. The number of urea groups is 1. The van der Waals surface area contributed by atoms with Gasteiger partial charge in [0.1, 0.15) is 24.5 Å². The Morgan fingerprint density at radius 1 is 0.750 bits per heavy atom. The van der Waals surface area contributed by atoms with Crippen LogP contribution >= 0.6 is 11.6 Å². The van der Waals surface area contributed by atoms with Crippen molar-refractivity contribution in [3.05, 3.63) is 123 Å². The van der Waals surface area contributed by atoms with Crippen molar-refractivity contribution in [3.63, 3.8) is 0 Å². The van der Waals surface area contributed by atoms with Crippen LogP contribution in [-0.2, 0) is 22.8 Å². The largest absolute Gasteiger partial charge is 0.490 e. The van der Waals surface area contributed by atoms with E-state index in [1.54, 1.807) is 54.6 Å². The van der Waals surface area contributed by atoms with Crippen LogP contribution in [0.25, 0.3) is 6.08 Å². The second kappa shape index (κ2) is 13.5. The first-order chi connectivity index (χ1) is 21.2. The van der Waals surface area contributed by atoms with Gasteiger partial charge in [-0.1, -0.05) is 48.0 Å². The summed E-state index contributed by atoms with van der Waals surface area (Å²) in [5.74, 6) is 0.00999. The number of benzene rings is 4. The Labute approximate surface area is 260 Å². The molecule has 8 nitrogen and oxygen atoms in total. The average Bonchev–Trinajstić information content (AvgIpc) is 3.01. The minimum Gasteiger partial charge on any atom is -0.490 e. The molecule has 4 amide bonds. The molecular formula is C35H31ClN2O6. The molecule has 4 aromatic rings. The summed E-state index contributed by atoms with van der Waals surface area (Å²) in [7, 11) is 0.